The zero-order valence-electron chi connectivity index (χ0n) is 13.8. The highest BCUT2D eigenvalue weighted by atomic mass is 16.2. The molecule has 1 atom stereocenters. The molecular weight excluding hydrogens is 318 g/mol. The van der Waals surface area contributed by atoms with Crippen molar-refractivity contribution in [3.05, 3.63) is 59.7 Å². The Kier molecular flexibility index (Phi) is 4.79. The normalized spacial score (nSPS) is 15.7. The lowest BCUT2D eigenvalue weighted by Gasteiger charge is -2.24. The van der Waals surface area contributed by atoms with Crippen LogP contribution in [0.15, 0.2) is 48.5 Å². The summed E-state index contributed by atoms with van der Waals surface area (Å²) in [6.07, 6.45) is 0.0961. The number of anilines is 2. The van der Waals surface area contributed by atoms with Gasteiger partial charge in [0.25, 0.3) is 5.91 Å². The van der Waals surface area contributed by atoms with Crippen molar-refractivity contribution in [2.45, 2.75) is 19.3 Å². The Morgan fingerprint density at radius 3 is 2.76 bits per heavy atom. The molecule has 1 aliphatic rings. The van der Waals surface area contributed by atoms with E-state index in [1.165, 1.54) is 0 Å². The maximum atomic E-state index is 12.7. The smallest absolute Gasteiger partial charge is 0.251 e. The summed E-state index contributed by atoms with van der Waals surface area (Å²) >= 11 is 0. The van der Waals surface area contributed by atoms with E-state index in [1.807, 2.05) is 25.1 Å². The number of amides is 3. The highest BCUT2D eigenvalue weighted by molar-refractivity contribution is 6.05. The van der Waals surface area contributed by atoms with Gasteiger partial charge in [-0.15, -0.1) is 0 Å². The molecule has 6 heteroatoms. The number of hydrogen-bond acceptors (Lipinski definition) is 3. The van der Waals surface area contributed by atoms with Crippen LogP contribution in [0.5, 0.6) is 0 Å². The molecule has 3 rings (SSSR count). The van der Waals surface area contributed by atoms with Crippen LogP contribution < -0.4 is 16.0 Å². The minimum atomic E-state index is -0.557. The lowest BCUT2D eigenvalue weighted by molar-refractivity contribution is -0.123. The lowest BCUT2D eigenvalue weighted by Crippen LogP contribution is -2.30. The summed E-state index contributed by atoms with van der Waals surface area (Å²) in [5, 5.41) is 8.31. The molecule has 1 aliphatic heterocycles. The highest BCUT2D eigenvalue weighted by Gasteiger charge is 2.30. The van der Waals surface area contributed by atoms with Gasteiger partial charge in [-0.1, -0.05) is 24.3 Å². The van der Waals surface area contributed by atoms with Gasteiger partial charge in [-0.2, -0.15) is 0 Å². The van der Waals surface area contributed by atoms with E-state index in [4.69, 9.17) is 0 Å². The molecule has 0 saturated carbocycles. The van der Waals surface area contributed by atoms with E-state index in [1.54, 1.807) is 30.3 Å². The van der Waals surface area contributed by atoms with Crippen molar-refractivity contribution in [2.24, 2.45) is 0 Å². The molecule has 0 aliphatic carbocycles. The van der Waals surface area contributed by atoms with Gasteiger partial charge in [0.15, 0.2) is 0 Å². The molecule has 0 fully saturated rings. The lowest BCUT2D eigenvalue weighted by atomic mass is 9.90. The molecule has 6 nitrogen and oxygen atoms in total. The van der Waals surface area contributed by atoms with Crippen LogP contribution in [0.4, 0.5) is 11.4 Å². The number of benzene rings is 2. The third kappa shape index (κ3) is 3.68. The quantitative estimate of drug-likeness (QED) is 0.801. The number of para-hydroxylation sites is 1. The first-order valence-corrected chi connectivity index (χ1v) is 8.16. The summed E-state index contributed by atoms with van der Waals surface area (Å²) in [6, 6.07) is 14.0. The Morgan fingerprint density at radius 1 is 1.16 bits per heavy atom. The second-order valence-corrected chi connectivity index (χ2v) is 5.82. The molecule has 0 bridgehead atoms. The molecule has 0 aromatic heterocycles. The van der Waals surface area contributed by atoms with E-state index in [-0.39, 0.29) is 24.1 Å². The maximum Gasteiger partial charge on any atom is 0.251 e. The van der Waals surface area contributed by atoms with E-state index in [9.17, 15) is 14.4 Å². The van der Waals surface area contributed by atoms with Gasteiger partial charge in [-0.3, -0.25) is 14.4 Å². The summed E-state index contributed by atoms with van der Waals surface area (Å²) in [5.41, 5.74) is 2.45. The van der Waals surface area contributed by atoms with Crippen LogP contribution in [0.3, 0.4) is 0 Å². The van der Waals surface area contributed by atoms with Crippen molar-refractivity contribution in [2.75, 3.05) is 17.2 Å². The molecule has 128 valence electrons. The van der Waals surface area contributed by atoms with Crippen LogP contribution in [0.1, 0.15) is 35.2 Å². The number of rotatable bonds is 4. The molecule has 0 spiro atoms. The molecule has 2 aromatic rings. The minimum Gasteiger partial charge on any atom is -0.352 e. The topological polar surface area (TPSA) is 87.3 Å². The summed E-state index contributed by atoms with van der Waals surface area (Å²) in [6.45, 7) is 2.37. The van der Waals surface area contributed by atoms with E-state index in [0.29, 0.717) is 23.5 Å². The highest BCUT2D eigenvalue weighted by Crippen LogP contribution is 2.32. The van der Waals surface area contributed by atoms with Gasteiger partial charge >= 0.3 is 0 Å². The molecular formula is C19H19N3O3. The Labute approximate surface area is 145 Å². The zero-order chi connectivity index (χ0) is 17.8. The van der Waals surface area contributed by atoms with Crippen LogP contribution in [0, 0.1) is 0 Å². The van der Waals surface area contributed by atoms with Crippen LogP contribution in [0.2, 0.25) is 0 Å². The Morgan fingerprint density at radius 2 is 1.96 bits per heavy atom. The fourth-order valence-electron chi connectivity index (χ4n) is 2.88. The average Bonchev–Trinajstić information content (AvgIpc) is 2.61. The van der Waals surface area contributed by atoms with Crippen molar-refractivity contribution in [1.29, 1.82) is 0 Å². The summed E-state index contributed by atoms with van der Waals surface area (Å²) < 4.78 is 0. The third-order valence-corrected chi connectivity index (χ3v) is 4.05. The molecule has 3 amide bonds. The van der Waals surface area contributed by atoms with Gasteiger partial charge in [0.2, 0.25) is 11.8 Å². The summed E-state index contributed by atoms with van der Waals surface area (Å²) in [5.74, 6) is -1.20. The average molecular weight is 337 g/mol. The second-order valence-electron chi connectivity index (χ2n) is 5.82. The van der Waals surface area contributed by atoms with Gasteiger partial charge in [0, 0.05) is 29.9 Å². The van der Waals surface area contributed by atoms with E-state index in [0.717, 1.165) is 5.56 Å². The van der Waals surface area contributed by atoms with Crippen molar-refractivity contribution in [3.8, 4) is 0 Å². The van der Waals surface area contributed by atoms with Gasteiger partial charge in [-0.05, 0) is 36.8 Å². The molecule has 0 radical (unpaired) electrons. The molecule has 1 heterocycles. The van der Waals surface area contributed by atoms with Gasteiger partial charge in [0.05, 0.1) is 5.92 Å². The number of hydrogen-bond donors (Lipinski definition) is 3. The van der Waals surface area contributed by atoms with E-state index in [2.05, 4.69) is 16.0 Å². The van der Waals surface area contributed by atoms with Crippen molar-refractivity contribution in [1.82, 2.24) is 5.32 Å². The van der Waals surface area contributed by atoms with E-state index < -0.39 is 5.92 Å². The Bertz CT molecular complexity index is 832. The third-order valence-electron chi connectivity index (χ3n) is 4.05. The molecule has 25 heavy (non-hydrogen) atoms. The van der Waals surface area contributed by atoms with Crippen molar-refractivity contribution < 1.29 is 14.4 Å². The number of fused-ring (bicyclic) bond motifs is 1. The number of nitrogens with one attached hydrogen (secondary N) is 3. The number of carbonyl (C=O) groups excluding carboxylic acids is 3. The second kappa shape index (κ2) is 7.17. The van der Waals surface area contributed by atoms with Crippen LogP contribution in [-0.4, -0.2) is 24.3 Å². The molecule has 0 saturated heterocycles. The van der Waals surface area contributed by atoms with E-state index >= 15 is 0 Å². The van der Waals surface area contributed by atoms with Crippen LogP contribution in [0.25, 0.3) is 0 Å². The summed E-state index contributed by atoms with van der Waals surface area (Å²) in [4.78, 5) is 36.5. The maximum absolute atomic E-state index is 12.7. The van der Waals surface area contributed by atoms with Gasteiger partial charge in [0.1, 0.15) is 0 Å². The van der Waals surface area contributed by atoms with Gasteiger partial charge < -0.3 is 16.0 Å². The fraction of sp³-hybridized carbons (Fsp3) is 0.211. The Balaban J connectivity index is 1.80. The van der Waals surface area contributed by atoms with Crippen molar-refractivity contribution in [3.63, 3.8) is 0 Å². The first kappa shape index (κ1) is 16.7. The summed E-state index contributed by atoms with van der Waals surface area (Å²) in [7, 11) is 0. The predicted molar refractivity (Wildman–Crippen MR) is 95.5 cm³/mol. The fourth-order valence-corrected chi connectivity index (χ4v) is 2.88. The minimum absolute atomic E-state index is 0.0961. The van der Waals surface area contributed by atoms with Gasteiger partial charge in [-0.25, -0.2) is 0 Å². The monoisotopic (exact) mass is 337 g/mol. The van der Waals surface area contributed by atoms with Crippen molar-refractivity contribution >= 4 is 29.1 Å². The van der Waals surface area contributed by atoms with Crippen LogP contribution in [-0.2, 0) is 9.59 Å². The first-order valence-electron chi connectivity index (χ1n) is 8.16. The molecule has 1 unspecified atom stereocenters. The predicted octanol–water partition coefficient (Wildman–Crippen LogP) is 2.50. The number of carbonyl (C=O) groups is 3. The Hall–Kier alpha value is -3.15. The zero-order valence-corrected chi connectivity index (χ0v) is 13.8. The SMILES string of the molecule is CCNC(=O)c1cccc(NC(=O)C2CC(=O)Nc3ccccc32)c1. The first-order chi connectivity index (χ1) is 12.1. The molecule has 2 aromatic carbocycles. The molecule has 3 N–H and O–H groups in total. The standard InChI is InChI=1S/C19H19N3O3/c1-2-20-18(24)12-6-5-7-13(10-12)21-19(25)15-11-17(23)22-16-9-4-3-8-14(15)16/h3-10,15H,2,11H2,1H3,(H,20,24)(H,21,25)(H,22,23). The largest absolute Gasteiger partial charge is 0.352 e. The van der Waals surface area contributed by atoms with Crippen LogP contribution >= 0.6 is 0 Å².